The van der Waals surface area contributed by atoms with Gasteiger partial charge in [0.05, 0.1) is 14.2 Å². The van der Waals surface area contributed by atoms with Crippen LogP contribution in [0.15, 0.2) is 30.9 Å². The molecule has 0 amide bonds. The van der Waals surface area contributed by atoms with E-state index in [0.29, 0.717) is 17.6 Å². The van der Waals surface area contributed by atoms with Gasteiger partial charge in [-0.3, -0.25) is 0 Å². The summed E-state index contributed by atoms with van der Waals surface area (Å²) >= 11 is 0. The van der Waals surface area contributed by atoms with Crippen LogP contribution in [0.4, 0.5) is 8.78 Å². The molecule has 0 unspecified atom stereocenters. The third-order valence-electron chi connectivity index (χ3n) is 1.99. The van der Waals surface area contributed by atoms with E-state index in [9.17, 15) is 8.78 Å². The van der Waals surface area contributed by atoms with Gasteiger partial charge in [-0.25, -0.2) is 0 Å². The average Bonchev–Trinajstić information content (AvgIpc) is 2.28. The molecule has 1 rings (SSSR count). The maximum Gasteiger partial charge on any atom is 0.291 e. The summed E-state index contributed by atoms with van der Waals surface area (Å²) in [6.45, 7) is 3.09. The van der Waals surface area contributed by atoms with Crippen LogP contribution in [-0.2, 0) is 5.92 Å². The van der Waals surface area contributed by atoms with Gasteiger partial charge in [-0.15, -0.1) is 0 Å². The molecule has 0 aromatic heterocycles. The van der Waals surface area contributed by atoms with Crippen molar-refractivity contribution in [3.63, 3.8) is 0 Å². The Kier molecular flexibility index (Phi) is 3.29. The highest BCUT2D eigenvalue weighted by molar-refractivity contribution is 5.41. The van der Waals surface area contributed by atoms with E-state index in [2.05, 4.69) is 6.58 Å². The second-order valence-electron chi connectivity index (χ2n) is 2.93. The Morgan fingerprint density at radius 1 is 1.13 bits per heavy atom. The third kappa shape index (κ3) is 2.46. The van der Waals surface area contributed by atoms with Gasteiger partial charge in [0, 0.05) is 11.6 Å². The molecule has 0 saturated carbocycles. The first-order valence-corrected chi connectivity index (χ1v) is 4.28. The number of halogens is 2. The number of allylic oxidation sites excluding steroid dienone is 1. The maximum atomic E-state index is 13.3. The smallest absolute Gasteiger partial charge is 0.291 e. The van der Waals surface area contributed by atoms with Gasteiger partial charge in [0.1, 0.15) is 11.5 Å². The lowest BCUT2D eigenvalue weighted by molar-refractivity contribution is 0.0520. The van der Waals surface area contributed by atoms with Crippen molar-refractivity contribution in [2.45, 2.75) is 5.92 Å². The monoisotopic (exact) mass is 214 g/mol. The summed E-state index contributed by atoms with van der Waals surface area (Å²) in [5, 5.41) is 0. The fourth-order valence-electron chi connectivity index (χ4n) is 1.12. The lowest BCUT2D eigenvalue weighted by atomic mass is 10.1. The summed E-state index contributed by atoms with van der Waals surface area (Å²) in [4.78, 5) is 0. The van der Waals surface area contributed by atoms with E-state index >= 15 is 0 Å². The van der Waals surface area contributed by atoms with Crippen LogP contribution < -0.4 is 9.47 Å². The first-order chi connectivity index (χ1) is 7.03. The fourth-order valence-corrected chi connectivity index (χ4v) is 1.12. The maximum absolute atomic E-state index is 13.3. The number of alkyl halides is 2. The molecule has 0 N–H and O–H groups in total. The van der Waals surface area contributed by atoms with Crippen LogP contribution >= 0.6 is 0 Å². The van der Waals surface area contributed by atoms with E-state index in [1.165, 1.54) is 32.4 Å². The van der Waals surface area contributed by atoms with Crippen molar-refractivity contribution >= 4 is 0 Å². The predicted octanol–water partition coefficient (Wildman–Crippen LogP) is 2.98. The van der Waals surface area contributed by atoms with Crippen molar-refractivity contribution in [2.24, 2.45) is 0 Å². The van der Waals surface area contributed by atoms with Gasteiger partial charge >= 0.3 is 0 Å². The molecule has 0 saturated heterocycles. The van der Waals surface area contributed by atoms with Crippen LogP contribution in [0.25, 0.3) is 0 Å². The average molecular weight is 214 g/mol. The molecule has 15 heavy (non-hydrogen) atoms. The SMILES string of the molecule is C=CC(F)(F)c1cc(OC)cc(OC)c1. The summed E-state index contributed by atoms with van der Waals surface area (Å²) < 4.78 is 36.4. The third-order valence-corrected chi connectivity index (χ3v) is 1.99. The van der Waals surface area contributed by atoms with Crippen molar-refractivity contribution in [3.05, 3.63) is 36.4 Å². The quantitative estimate of drug-likeness (QED) is 0.717. The lowest BCUT2D eigenvalue weighted by Crippen LogP contribution is -2.09. The van der Waals surface area contributed by atoms with E-state index in [0.717, 1.165) is 0 Å². The first-order valence-electron chi connectivity index (χ1n) is 4.28. The molecule has 0 heterocycles. The Morgan fingerprint density at radius 3 is 1.93 bits per heavy atom. The molecular formula is C11H12F2O2. The van der Waals surface area contributed by atoms with E-state index in [-0.39, 0.29) is 5.56 Å². The van der Waals surface area contributed by atoms with Crippen molar-refractivity contribution in [1.29, 1.82) is 0 Å². The number of hydrogen-bond acceptors (Lipinski definition) is 2. The van der Waals surface area contributed by atoms with Crippen molar-refractivity contribution in [2.75, 3.05) is 14.2 Å². The van der Waals surface area contributed by atoms with Crippen molar-refractivity contribution in [1.82, 2.24) is 0 Å². The molecule has 4 heteroatoms. The minimum atomic E-state index is -3.08. The number of methoxy groups -OCH3 is 2. The van der Waals surface area contributed by atoms with E-state index in [1.807, 2.05) is 0 Å². The van der Waals surface area contributed by atoms with Crippen LogP contribution in [0.1, 0.15) is 5.56 Å². The summed E-state index contributed by atoms with van der Waals surface area (Å²) in [5.41, 5.74) is -0.200. The zero-order chi connectivity index (χ0) is 11.5. The highest BCUT2D eigenvalue weighted by atomic mass is 19.3. The molecule has 0 atom stereocenters. The van der Waals surface area contributed by atoms with Gasteiger partial charge in [-0.05, 0) is 18.2 Å². The minimum Gasteiger partial charge on any atom is -0.497 e. The second-order valence-corrected chi connectivity index (χ2v) is 2.93. The minimum absolute atomic E-state index is 0.200. The number of hydrogen-bond donors (Lipinski definition) is 0. The summed E-state index contributed by atoms with van der Waals surface area (Å²) in [7, 11) is 2.81. The molecule has 0 spiro atoms. The Hall–Kier alpha value is -1.58. The zero-order valence-corrected chi connectivity index (χ0v) is 8.59. The van der Waals surface area contributed by atoms with E-state index < -0.39 is 5.92 Å². The predicted molar refractivity (Wildman–Crippen MR) is 53.6 cm³/mol. The Labute approximate surface area is 87.1 Å². The molecule has 0 aliphatic rings. The largest absolute Gasteiger partial charge is 0.497 e. The zero-order valence-electron chi connectivity index (χ0n) is 8.59. The Bertz CT molecular complexity index is 339. The van der Waals surface area contributed by atoms with Crippen molar-refractivity contribution < 1.29 is 18.3 Å². The topological polar surface area (TPSA) is 18.5 Å². The van der Waals surface area contributed by atoms with E-state index in [1.54, 1.807) is 0 Å². The second kappa shape index (κ2) is 4.29. The van der Waals surface area contributed by atoms with Crippen LogP contribution in [-0.4, -0.2) is 14.2 Å². The number of rotatable bonds is 4. The van der Waals surface area contributed by atoms with Gasteiger partial charge in [-0.2, -0.15) is 8.78 Å². The molecule has 1 aromatic rings. The van der Waals surface area contributed by atoms with Gasteiger partial charge in [0.25, 0.3) is 5.92 Å². The van der Waals surface area contributed by atoms with Crippen LogP contribution in [0, 0.1) is 0 Å². The lowest BCUT2D eigenvalue weighted by Gasteiger charge is -2.14. The molecular weight excluding hydrogens is 202 g/mol. The normalized spacial score (nSPS) is 10.9. The highest BCUT2D eigenvalue weighted by Gasteiger charge is 2.28. The van der Waals surface area contributed by atoms with E-state index in [4.69, 9.17) is 9.47 Å². The van der Waals surface area contributed by atoms with Gasteiger partial charge in [0.2, 0.25) is 0 Å². The fraction of sp³-hybridized carbons (Fsp3) is 0.273. The van der Waals surface area contributed by atoms with Crippen molar-refractivity contribution in [3.8, 4) is 11.5 Å². The number of ether oxygens (including phenoxy) is 2. The molecule has 82 valence electrons. The molecule has 0 aliphatic heterocycles. The van der Waals surface area contributed by atoms with Gasteiger partial charge in [0.15, 0.2) is 0 Å². The number of benzene rings is 1. The van der Waals surface area contributed by atoms with Gasteiger partial charge in [-0.1, -0.05) is 6.58 Å². The molecule has 0 aliphatic carbocycles. The molecule has 0 bridgehead atoms. The summed E-state index contributed by atoms with van der Waals surface area (Å²) in [6, 6.07) is 4.04. The van der Waals surface area contributed by atoms with Crippen LogP contribution in [0.2, 0.25) is 0 Å². The Balaban J connectivity index is 3.23. The molecule has 1 aromatic carbocycles. The highest BCUT2D eigenvalue weighted by Crippen LogP contribution is 2.34. The van der Waals surface area contributed by atoms with Crippen LogP contribution in [0.5, 0.6) is 11.5 Å². The standard InChI is InChI=1S/C11H12F2O2/c1-4-11(12,13)8-5-9(14-2)7-10(6-8)15-3/h4-7H,1H2,2-3H3. The Morgan fingerprint density at radius 2 is 1.60 bits per heavy atom. The molecule has 2 nitrogen and oxygen atoms in total. The first kappa shape index (κ1) is 11.5. The summed E-state index contributed by atoms with van der Waals surface area (Å²) in [6.07, 6.45) is 0.585. The van der Waals surface area contributed by atoms with Crippen LogP contribution in [0.3, 0.4) is 0 Å². The van der Waals surface area contributed by atoms with Gasteiger partial charge < -0.3 is 9.47 Å². The molecule has 0 radical (unpaired) electrons. The molecule has 0 fully saturated rings. The summed E-state index contributed by atoms with van der Waals surface area (Å²) in [5.74, 6) is -2.43.